The first-order valence-electron chi connectivity index (χ1n) is 7.60. The minimum atomic E-state index is -0.521. The van der Waals surface area contributed by atoms with Crippen molar-refractivity contribution in [2.24, 2.45) is 5.92 Å². The molecule has 118 valence electrons. The number of fused-ring (bicyclic) bond motifs is 1. The number of rotatable bonds is 5. The van der Waals surface area contributed by atoms with E-state index in [2.05, 4.69) is 5.32 Å². The average molecular weight is 302 g/mol. The van der Waals surface area contributed by atoms with Gasteiger partial charge >= 0.3 is 0 Å². The van der Waals surface area contributed by atoms with Gasteiger partial charge in [-0.15, -0.1) is 0 Å². The van der Waals surface area contributed by atoms with Crippen LogP contribution >= 0.6 is 0 Å². The van der Waals surface area contributed by atoms with E-state index in [1.165, 1.54) is 0 Å². The van der Waals surface area contributed by atoms with Crippen molar-refractivity contribution in [3.8, 4) is 5.75 Å². The van der Waals surface area contributed by atoms with Crippen LogP contribution in [0.25, 0.3) is 10.9 Å². The number of carbonyl (C=O) groups excluding carboxylic acids is 1. The molecule has 0 radical (unpaired) electrons. The van der Waals surface area contributed by atoms with Crippen LogP contribution in [0.4, 0.5) is 0 Å². The normalized spacial score (nSPS) is 11.1. The molecule has 1 aromatic heterocycles. The second-order valence-electron chi connectivity index (χ2n) is 5.80. The number of aromatic hydroxyl groups is 1. The molecule has 1 amide bonds. The van der Waals surface area contributed by atoms with E-state index >= 15 is 0 Å². The number of para-hydroxylation sites is 1. The molecule has 0 fully saturated rings. The Morgan fingerprint density at radius 2 is 2.00 bits per heavy atom. The van der Waals surface area contributed by atoms with Gasteiger partial charge in [-0.1, -0.05) is 32.9 Å². The fourth-order valence-electron chi connectivity index (χ4n) is 2.43. The van der Waals surface area contributed by atoms with Crippen molar-refractivity contribution >= 4 is 16.8 Å². The van der Waals surface area contributed by atoms with Crippen molar-refractivity contribution in [3.05, 3.63) is 40.2 Å². The lowest BCUT2D eigenvalue weighted by atomic mass is 10.1. The Kier molecular flexibility index (Phi) is 4.85. The Labute approximate surface area is 129 Å². The molecule has 0 atom stereocenters. The molecule has 1 heterocycles. The topological polar surface area (TPSA) is 71.3 Å². The number of pyridine rings is 1. The molecule has 0 aliphatic heterocycles. The first-order valence-corrected chi connectivity index (χ1v) is 7.60. The minimum Gasteiger partial charge on any atom is -0.506 e. The van der Waals surface area contributed by atoms with E-state index in [1.807, 2.05) is 26.8 Å². The van der Waals surface area contributed by atoms with Crippen LogP contribution < -0.4 is 10.9 Å². The van der Waals surface area contributed by atoms with Crippen molar-refractivity contribution in [2.45, 2.75) is 33.7 Å². The number of carbonyl (C=O) groups is 1. The third-order valence-electron chi connectivity index (χ3n) is 3.49. The number of aryl methyl sites for hydroxylation is 1. The van der Waals surface area contributed by atoms with Gasteiger partial charge in [-0.25, -0.2) is 0 Å². The summed E-state index contributed by atoms with van der Waals surface area (Å²) in [6, 6.07) is 7.09. The molecule has 0 unspecified atom stereocenters. The lowest BCUT2D eigenvalue weighted by molar-refractivity contribution is 0.0944. The van der Waals surface area contributed by atoms with Crippen molar-refractivity contribution in [2.75, 3.05) is 6.54 Å². The molecule has 5 heteroatoms. The SMILES string of the molecule is CCCn1c(=O)c(C(=O)NCC(C)C)c(O)c2ccccc21. The van der Waals surface area contributed by atoms with Gasteiger partial charge in [0.1, 0.15) is 11.3 Å². The van der Waals surface area contributed by atoms with Crippen LogP contribution in [-0.2, 0) is 6.54 Å². The largest absolute Gasteiger partial charge is 0.506 e. The van der Waals surface area contributed by atoms with Gasteiger partial charge in [0.25, 0.3) is 11.5 Å². The Bertz CT molecular complexity index is 747. The van der Waals surface area contributed by atoms with Gasteiger partial charge in [0.15, 0.2) is 0 Å². The molecule has 0 aliphatic rings. The van der Waals surface area contributed by atoms with Crippen molar-refractivity contribution < 1.29 is 9.90 Å². The Hall–Kier alpha value is -2.30. The summed E-state index contributed by atoms with van der Waals surface area (Å²) in [5.74, 6) is -0.495. The smallest absolute Gasteiger partial charge is 0.267 e. The van der Waals surface area contributed by atoms with E-state index in [0.717, 1.165) is 6.42 Å². The molecule has 2 aromatic rings. The third kappa shape index (κ3) is 2.98. The second-order valence-corrected chi connectivity index (χ2v) is 5.80. The summed E-state index contributed by atoms with van der Waals surface area (Å²) in [5.41, 5.74) is 0.0272. The summed E-state index contributed by atoms with van der Waals surface area (Å²) >= 11 is 0. The highest BCUT2D eigenvalue weighted by molar-refractivity contribution is 6.02. The van der Waals surface area contributed by atoms with Gasteiger partial charge in [0.05, 0.1) is 5.52 Å². The van der Waals surface area contributed by atoms with Gasteiger partial charge in [-0.2, -0.15) is 0 Å². The lowest BCUT2D eigenvalue weighted by Crippen LogP contribution is -2.35. The highest BCUT2D eigenvalue weighted by atomic mass is 16.3. The molecular formula is C17H22N2O3. The monoisotopic (exact) mass is 302 g/mol. The van der Waals surface area contributed by atoms with Crippen molar-refractivity contribution in [1.29, 1.82) is 0 Å². The zero-order valence-electron chi connectivity index (χ0n) is 13.2. The molecule has 0 bridgehead atoms. The van der Waals surface area contributed by atoms with E-state index in [9.17, 15) is 14.7 Å². The molecular weight excluding hydrogens is 280 g/mol. The molecule has 5 nitrogen and oxygen atoms in total. The van der Waals surface area contributed by atoms with Crippen LogP contribution in [0.15, 0.2) is 29.1 Å². The first-order chi connectivity index (χ1) is 10.5. The highest BCUT2D eigenvalue weighted by Crippen LogP contribution is 2.26. The molecule has 0 saturated heterocycles. The van der Waals surface area contributed by atoms with E-state index < -0.39 is 11.5 Å². The number of aromatic nitrogens is 1. The molecule has 0 spiro atoms. The maximum atomic E-state index is 12.6. The maximum Gasteiger partial charge on any atom is 0.267 e. The summed E-state index contributed by atoms with van der Waals surface area (Å²) in [6.07, 6.45) is 0.766. The number of hydrogen-bond donors (Lipinski definition) is 2. The van der Waals surface area contributed by atoms with E-state index in [4.69, 9.17) is 0 Å². The minimum absolute atomic E-state index is 0.173. The molecule has 2 rings (SSSR count). The van der Waals surface area contributed by atoms with Crippen LogP contribution in [0.5, 0.6) is 5.75 Å². The zero-order chi connectivity index (χ0) is 16.3. The van der Waals surface area contributed by atoms with E-state index in [1.54, 1.807) is 22.8 Å². The lowest BCUT2D eigenvalue weighted by Gasteiger charge is -2.15. The van der Waals surface area contributed by atoms with Crippen LogP contribution in [0, 0.1) is 5.92 Å². The molecule has 22 heavy (non-hydrogen) atoms. The summed E-state index contributed by atoms with van der Waals surface area (Å²) in [5, 5.41) is 13.6. The van der Waals surface area contributed by atoms with Gasteiger partial charge < -0.3 is 15.0 Å². The fourth-order valence-corrected chi connectivity index (χ4v) is 2.43. The number of hydrogen-bond acceptors (Lipinski definition) is 3. The third-order valence-corrected chi connectivity index (χ3v) is 3.49. The number of nitrogens with one attached hydrogen (secondary N) is 1. The molecule has 1 aromatic carbocycles. The summed E-state index contributed by atoms with van der Waals surface area (Å²) in [6.45, 7) is 6.86. The first kappa shape index (κ1) is 16.1. The molecule has 0 saturated carbocycles. The van der Waals surface area contributed by atoms with E-state index in [0.29, 0.717) is 24.0 Å². The van der Waals surface area contributed by atoms with Gasteiger partial charge in [-0.05, 0) is 24.5 Å². The predicted octanol–water partition coefficient (Wildman–Crippen LogP) is 2.50. The Morgan fingerprint density at radius 1 is 1.32 bits per heavy atom. The highest BCUT2D eigenvalue weighted by Gasteiger charge is 2.21. The zero-order valence-corrected chi connectivity index (χ0v) is 13.2. The van der Waals surface area contributed by atoms with Crippen LogP contribution in [-0.4, -0.2) is 22.1 Å². The number of nitrogens with zero attached hydrogens (tertiary/aromatic N) is 1. The Morgan fingerprint density at radius 3 is 2.64 bits per heavy atom. The number of amides is 1. The van der Waals surface area contributed by atoms with Gasteiger partial charge in [-0.3, -0.25) is 9.59 Å². The molecule has 0 aliphatic carbocycles. The number of benzene rings is 1. The fraction of sp³-hybridized carbons (Fsp3) is 0.412. The Balaban J connectivity index is 2.63. The standard InChI is InChI=1S/C17H22N2O3/c1-4-9-19-13-8-6-5-7-12(13)15(20)14(17(19)22)16(21)18-10-11(2)3/h5-8,11,20H,4,9-10H2,1-3H3,(H,18,21). The maximum absolute atomic E-state index is 12.6. The van der Waals surface area contributed by atoms with Crippen molar-refractivity contribution in [1.82, 2.24) is 9.88 Å². The second kappa shape index (κ2) is 6.64. The summed E-state index contributed by atoms with van der Waals surface area (Å²) in [7, 11) is 0. The average Bonchev–Trinajstić information content (AvgIpc) is 2.49. The molecule has 2 N–H and O–H groups in total. The van der Waals surface area contributed by atoms with Gasteiger partial charge in [0.2, 0.25) is 0 Å². The summed E-state index contributed by atoms with van der Waals surface area (Å²) < 4.78 is 1.55. The van der Waals surface area contributed by atoms with Gasteiger partial charge in [0, 0.05) is 18.5 Å². The van der Waals surface area contributed by atoms with Crippen molar-refractivity contribution in [3.63, 3.8) is 0 Å². The quantitative estimate of drug-likeness (QED) is 0.891. The van der Waals surface area contributed by atoms with Crippen LogP contribution in [0.3, 0.4) is 0 Å². The van der Waals surface area contributed by atoms with Crippen LogP contribution in [0.1, 0.15) is 37.6 Å². The van der Waals surface area contributed by atoms with Crippen LogP contribution in [0.2, 0.25) is 0 Å². The summed E-state index contributed by atoms with van der Waals surface area (Å²) in [4.78, 5) is 24.9. The predicted molar refractivity (Wildman–Crippen MR) is 87.3 cm³/mol. The van der Waals surface area contributed by atoms with E-state index in [-0.39, 0.29) is 17.2 Å².